The highest BCUT2D eigenvalue weighted by Crippen LogP contribution is 2.28. The van der Waals surface area contributed by atoms with Crippen LogP contribution in [0.15, 0.2) is 48.5 Å². The molecule has 0 atom stereocenters. The van der Waals surface area contributed by atoms with Crippen LogP contribution >= 0.6 is 0 Å². The zero-order valence-electron chi connectivity index (χ0n) is 12.6. The van der Waals surface area contributed by atoms with E-state index in [2.05, 4.69) is 6.07 Å². The molecule has 1 amide bonds. The Hall–Kier alpha value is -2.36. The standard InChI is InChI=1S/C18H19FN2O/c1-20(17-9-5-3-7-15(17)19)12-11-18(22)21-13-10-14-6-2-4-8-16(14)21/h2-9H,10-13H2,1H3. The van der Waals surface area contributed by atoms with Crippen molar-refractivity contribution in [2.24, 2.45) is 0 Å². The molecule has 1 heterocycles. The topological polar surface area (TPSA) is 23.6 Å². The molecule has 1 aliphatic heterocycles. The highest BCUT2D eigenvalue weighted by molar-refractivity contribution is 5.95. The van der Waals surface area contributed by atoms with Crippen molar-refractivity contribution in [2.45, 2.75) is 12.8 Å². The first-order chi connectivity index (χ1) is 10.7. The molecular weight excluding hydrogens is 279 g/mol. The summed E-state index contributed by atoms with van der Waals surface area (Å²) in [6, 6.07) is 14.6. The van der Waals surface area contributed by atoms with E-state index < -0.39 is 0 Å². The van der Waals surface area contributed by atoms with Gasteiger partial charge in [-0.25, -0.2) is 4.39 Å². The number of hydrogen-bond donors (Lipinski definition) is 0. The number of benzene rings is 2. The molecule has 0 N–H and O–H groups in total. The summed E-state index contributed by atoms with van der Waals surface area (Å²) in [7, 11) is 1.81. The smallest absolute Gasteiger partial charge is 0.228 e. The number of carbonyl (C=O) groups is 1. The molecule has 2 aromatic carbocycles. The van der Waals surface area contributed by atoms with Crippen LogP contribution in [0.25, 0.3) is 0 Å². The second-order valence-corrected chi connectivity index (χ2v) is 5.55. The lowest BCUT2D eigenvalue weighted by atomic mass is 10.2. The fourth-order valence-electron chi connectivity index (χ4n) is 2.88. The first-order valence-electron chi connectivity index (χ1n) is 7.51. The zero-order chi connectivity index (χ0) is 15.5. The van der Waals surface area contributed by atoms with Crippen molar-refractivity contribution in [3.63, 3.8) is 0 Å². The molecule has 4 heteroatoms. The molecule has 3 nitrogen and oxygen atoms in total. The summed E-state index contributed by atoms with van der Waals surface area (Å²) >= 11 is 0. The summed E-state index contributed by atoms with van der Waals surface area (Å²) in [4.78, 5) is 16.1. The van der Waals surface area contributed by atoms with Gasteiger partial charge in [-0.05, 0) is 30.2 Å². The average molecular weight is 298 g/mol. The molecule has 0 spiro atoms. The van der Waals surface area contributed by atoms with Gasteiger partial charge < -0.3 is 9.80 Å². The molecule has 0 fully saturated rings. The van der Waals surface area contributed by atoms with Gasteiger partial charge >= 0.3 is 0 Å². The average Bonchev–Trinajstić information content (AvgIpc) is 2.97. The summed E-state index contributed by atoms with van der Waals surface area (Å²) in [6.07, 6.45) is 1.28. The number of rotatable bonds is 4. The molecule has 0 bridgehead atoms. The largest absolute Gasteiger partial charge is 0.372 e. The van der Waals surface area contributed by atoms with E-state index in [0.717, 1.165) is 18.7 Å². The number of fused-ring (bicyclic) bond motifs is 1. The Labute approximate surface area is 130 Å². The van der Waals surface area contributed by atoms with Gasteiger partial charge in [0.15, 0.2) is 0 Å². The molecule has 0 radical (unpaired) electrons. The van der Waals surface area contributed by atoms with E-state index in [-0.39, 0.29) is 11.7 Å². The van der Waals surface area contributed by atoms with Crippen LogP contribution in [0, 0.1) is 5.82 Å². The second-order valence-electron chi connectivity index (χ2n) is 5.55. The number of amides is 1. The lowest BCUT2D eigenvalue weighted by molar-refractivity contribution is -0.118. The van der Waals surface area contributed by atoms with Gasteiger partial charge in [0.05, 0.1) is 5.69 Å². The Bertz CT molecular complexity index is 686. The van der Waals surface area contributed by atoms with E-state index in [4.69, 9.17) is 0 Å². The predicted octanol–water partition coefficient (Wildman–Crippen LogP) is 3.24. The normalized spacial score (nSPS) is 13.1. The summed E-state index contributed by atoms with van der Waals surface area (Å²) < 4.78 is 13.7. The maximum Gasteiger partial charge on any atom is 0.228 e. The minimum absolute atomic E-state index is 0.0909. The molecular formula is C18H19FN2O. The highest BCUT2D eigenvalue weighted by atomic mass is 19.1. The van der Waals surface area contributed by atoms with E-state index in [9.17, 15) is 9.18 Å². The first-order valence-corrected chi connectivity index (χ1v) is 7.51. The Balaban J connectivity index is 1.63. The molecule has 3 rings (SSSR count). The lowest BCUT2D eigenvalue weighted by Gasteiger charge is -2.22. The molecule has 0 aromatic heterocycles. The van der Waals surface area contributed by atoms with Crippen molar-refractivity contribution in [3.05, 3.63) is 59.9 Å². The Morgan fingerprint density at radius 2 is 1.91 bits per heavy atom. The fraction of sp³-hybridized carbons (Fsp3) is 0.278. The van der Waals surface area contributed by atoms with Crippen LogP contribution in [0.1, 0.15) is 12.0 Å². The Morgan fingerprint density at radius 3 is 2.73 bits per heavy atom. The molecule has 0 saturated heterocycles. The van der Waals surface area contributed by atoms with Crippen molar-refractivity contribution in [3.8, 4) is 0 Å². The van der Waals surface area contributed by atoms with Crippen LogP contribution in [0.4, 0.5) is 15.8 Å². The molecule has 0 saturated carbocycles. The fourth-order valence-corrected chi connectivity index (χ4v) is 2.88. The van der Waals surface area contributed by atoms with Gasteiger partial charge in [0.1, 0.15) is 5.82 Å². The number of hydrogen-bond acceptors (Lipinski definition) is 2. The number of carbonyl (C=O) groups excluding carboxylic acids is 1. The molecule has 22 heavy (non-hydrogen) atoms. The van der Waals surface area contributed by atoms with Crippen molar-refractivity contribution in [2.75, 3.05) is 29.9 Å². The molecule has 2 aromatic rings. The van der Waals surface area contributed by atoms with Gasteiger partial charge in [0, 0.05) is 32.2 Å². The summed E-state index contributed by atoms with van der Waals surface area (Å²) in [5.41, 5.74) is 2.76. The van der Waals surface area contributed by atoms with Gasteiger partial charge in [0.25, 0.3) is 0 Å². The van der Waals surface area contributed by atoms with Crippen molar-refractivity contribution < 1.29 is 9.18 Å². The van der Waals surface area contributed by atoms with Gasteiger partial charge in [0.2, 0.25) is 5.91 Å². The number of anilines is 2. The van der Waals surface area contributed by atoms with Crippen molar-refractivity contribution >= 4 is 17.3 Å². The van der Waals surface area contributed by atoms with Crippen LogP contribution in [0.3, 0.4) is 0 Å². The molecule has 0 unspecified atom stereocenters. The van der Waals surface area contributed by atoms with Crippen molar-refractivity contribution in [1.82, 2.24) is 0 Å². The van der Waals surface area contributed by atoms with Crippen LogP contribution in [0.2, 0.25) is 0 Å². The maximum atomic E-state index is 13.7. The third-order valence-corrected chi connectivity index (χ3v) is 4.11. The van der Waals surface area contributed by atoms with Crippen LogP contribution in [0.5, 0.6) is 0 Å². The first kappa shape index (κ1) is 14.6. The van der Waals surface area contributed by atoms with Crippen LogP contribution in [-0.4, -0.2) is 26.0 Å². The van der Waals surface area contributed by atoms with Gasteiger partial charge in [-0.1, -0.05) is 30.3 Å². The van der Waals surface area contributed by atoms with Gasteiger partial charge in [-0.2, -0.15) is 0 Å². The monoisotopic (exact) mass is 298 g/mol. The summed E-state index contributed by atoms with van der Waals surface area (Å²) in [5.74, 6) is -0.169. The number of halogens is 1. The van der Waals surface area contributed by atoms with E-state index in [1.54, 1.807) is 23.1 Å². The lowest BCUT2D eigenvalue weighted by Crippen LogP contribution is -2.32. The SMILES string of the molecule is CN(CCC(=O)N1CCc2ccccc21)c1ccccc1F. The number of nitrogens with zero attached hydrogens (tertiary/aromatic N) is 2. The minimum Gasteiger partial charge on any atom is -0.372 e. The maximum absolute atomic E-state index is 13.7. The van der Waals surface area contributed by atoms with E-state index in [1.165, 1.54) is 11.6 Å². The van der Waals surface area contributed by atoms with E-state index >= 15 is 0 Å². The highest BCUT2D eigenvalue weighted by Gasteiger charge is 2.24. The third-order valence-electron chi connectivity index (χ3n) is 4.11. The summed E-state index contributed by atoms with van der Waals surface area (Å²) in [5, 5.41) is 0. The second kappa shape index (κ2) is 6.18. The molecule has 114 valence electrons. The van der Waals surface area contributed by atoms with Crippen LogP contribution in [-0.2, 0) is 11.2 Å². The number of para-hydroxylation sites is 2. The Kier molecular flexibility index (Phi) is 4.09. The van der Waals surface area contributed by atoms with E-state index in [0.29, 0.717) is 18.7 Å². The van der Waals surface area contributed by atoms with Gasteiger partial charge in [-0.15, -0.1) is 0 Å². The third kappa shape index (κ3) is 2.82. The molecule has 0 aliphatic carbocycles. The Morgan fingerprint density at radius 1 is 1.18 bits per heavy atom. The van der Waals surface area contributed by atoms with Crippen LogP contribution < -0.4 is 9.80 Å². The zero-order valence-corrected chi connectivity index (χ0v) is 12.6. The van der Waals surface area contributed by atoms with Gasteiger partial charge in [-0.3, -0.25) is 4.79 Å². The minimum atomic E-state index is -0.260. The molecule has 1 aliphatic rings. The quantitative estimate of drug-likeness (QED) is 0.865. The van der Waals surface area contributed by atoms with E-state index in [1.807, 2.05) is 30.1 Å². The van der Waals surface area contributed by atoms with Crippen molar-refractivity contribution in [1.29, 1.82) is 0 Å². The summed E-state index contributed by atoms with van der Waals surface area (Å²) in [6.45, 7) is 1.24. The predicted molar refractivity (Wildman–Crippen MR) is 86.8 cm³/mol.